The number of phosphoric acid groups is 2. The summed E-state index contributed by atoms with van der Waals surface area (Å²) < 4.78 is 30.4. The Bertz CT molecular complexity index is 780. The first-order valence-corrected chi connectivity index (χ1v) is 12.5. The number of rotatable bonds is 8. The molecule has 0 aliphatic carbocycles. The molecule has 5 N–H and O–H groups in total. The third-order valence-corrected chi connectivity index (χ3v) is 7.55. The van der Waals surface area contributed by atoms with Gasteiger partial charge in [0.1, 0.15) is 17.9 Å². The van der Waals surface area contributed by atoms with Gasteiger partial charge in [-0.25, -0.2) is 19.1 Å². The van der Waals surface area contributed by atoms with Crippen LogP contribution in [0.1, 0.15) is 31.7 Å². The Morgan fingerprint density at radius 2 is 2.03 bits per heavy atom. The van der Waals surface area contributed by atoms with Crippen LogP contribution in [0, 0.1) is 6.92 Å². The van der Waals surface area contributed by atoms with Crippen molar-refractivity contribution in [3.05, 3.63) is 17.6 Å². The topological polar surface area (TPSA) is 185 Å². The molecule has 1 aliphatic heterocycles. The molecule has 166 valence electrons. The van der Waals surface area contributed by atoms with Crippen molar-refractivity contribution in [2.75, 3.05) is 18.2 Å². The molecule has 1 fully saturated rings. The zero-order chi connectivity index (χ0) is 22.2. The summed E-state index contributed by atoms with van der Waals surface area (Å²) in [6.45, 7) is 5.64. The number of nitrogen functional groups attached to an aromatic ring is 1. The first-order chi connectivity index (χ1) is 13.4. The summed E-state index contributed by atoms with van der Waals surface area (Å²) in [7, 11) is -9.89. The highest BCUT2D eigenvalue weighted by Crippen LogP contribution is 2.57. The third kappa shape index (κ3) is 9.65. The summed E-state index contributed by atoms with van der Waals surface area (Å²) in [5.74, 6) is 1.78. The highest BCUT2D eigenvalue weighted by molar-refractivity contribution is 8.00. The largest absolute Gasteiger partial charge is 0.481 e. The Labute approximate surface area is 173 Å². The maximum Gasteiger partial charge on any atom is 0.481 e. The van der Waals surface area contributed by atoms with Gasteiger partial charge in [-0.15, -0.1) is 11.8 Å². The van der Waals surface area contributed by atoms with E-state index >= 15 is 0 Å². The summed E-state index contributed by atoms with van der Waals surface area (Å²) in [4.78, 5) is 45.7. The van der Waals surface area contributed by atoms with Crippen LogP contribution in [0.2, 0.25) is 0 Å². The third-order valence-electron chi connectivity index (χ3n) is 3.83. The molecule has 2 heterocycles. The summed E-state index contributed by atoms with van der Waals surface area (Å²) in [6, 6.07) is 0.130. The van der Waals surface area contributed by atoms with Gasteiger partial charge < -0.3 is 25.2 Å². The van der Waals surface area contributed by atoms with Crippen LogP contribution in [-0.4, -0.2) is 59.6 Å². The smallest absolute Gasteiger partial charge is 0.383 e. The SMILES string of the molecule is CC=O.Cc1ncc(CN2CS[C@@H](CCOP(=O)(O)OP(=O)(O)O)C2C)c(N)n1. The molecular formula is C14H26N4O8P2S. The van der Waals surface area contributed by atoms with Crippen molar-refractivity contribution < 1.29 is 37.4 Å². The van der Waals surface area contributed by atoms with Crippen molar-refractivity contribution in [3.63, 3.8) is 0 Å². The van der Waals surface area contributed by atoms with Crippen molar-refractivity contribution >= 4 is 39.5 Å². The average molecular weight is 472 g/mol. The number of hydrogen-bond donors (Lipinski definition) is 4. The Balaban J connectivity index is 0.00000132. The number of thioether (sulfide) groups is 1. The summed E-state index contributed by atoms with van der Waals surface area (Å²) in [6.07, 6.45) is 2.87. The molecule has 1 aromatic rings. The van der Waals surface area contributed by atoms with E-state index in [0.717, 1.165) is 17.7 Å². The summed E-state index contributed by atoms with van der Waals surface area (Å²) >= 11 is 1.65. The molecule has 0 bridgehead atoms. The van der Waals surface area contributed by atoms with Crippen LogP contribution in [0.15, 0.2) is 6.20 Å². The lowest BCUT2D eigenvalue weighted by molar-refractivity contribution is -0.106. The second-order valence-corrected chi connectivity index (χ2v) is 10.1. The standard InChI is InChI=1S/C12H22N4O7P2S.C2H4O/c1-8-11(3-4-22-25(20,21)23-24(17,18)19)26-7-16(8)6-10-5-14-9(2)15-12(10)13;1-2-3/h5,8,11H,3-4,6-7H2,1-2H3,(H,20,21)(H2,13,14,15)(H2,17,18,19);2H,1H3/t8?,11-;/m0./s1. The molecule has 0 aromatic carbocycles. The lowest BCUT2D eigenvalue weighted by Gasteiger charge is -2.24. The molecule has 3 atom stereocenters. The van der Waals surface area contributed by atoms with E-state index < -0.39 is 15.6 Å². The number of aromatic nitrogens is 2. The van der Waals surface area contributed by atoms with Gasteiger partial charge in [0.25, 0.3) is 0 Å². The number of carbonyl (C=O) groups is 1. The molecule has 1 aromatic heterocycles. The van der Waals surface area contributed by atoms with Crippen LogP contribution in [0.3, 0.4) is 0 Å². The van der Waals surface area contributed by atoms with E-state index in [-0.39, 0.29) is 17.9 Å². The lowest BCUT2D eigenvalue weighted by atomic mass is 10.1. The molecule has 1 saturated heterocycles. The second-order valence-electron chi connectivity index (χ2n) is 6.05. The van der Waals surface area contributed by atoms with E-state index in [1.165, 1.54) is 6.92 Å². The van der Waals surface area contributed by atoms with Crippen LogP contribution >= 0.6 is 27.4 Å². The summed E-state index contributed by atoms with van der Waals surface area (Å²) in [5.41, 5.74) is 6.75. The van der Waals surface area contributed by atoms with Crippen molar-refractivity contribution in [1.29, 1.82) is 0 Å². The fourth-order valence-electron chi connectivity index (χ4n) is 2.49. The molecule has 0 amide bonds. The van der Waals surface area contributed by atoms with Gasteiger partial charge >= 0.3 is 15.6 Å². The molecule has 0 spiro atoms. The van der Waals surface area contributed by atoms with Crippen molar-refractivity contribution in [3.8, 4) is 0 Å². The number of nitrogens with two attached hydrogens (primary N) is 1. The van der Waals surface area contributed by atoms with Crippen LogP contribution in [0.25, 0.3) is 0 Å². The molecule has 1 aliphatic rings. The normalized spacial score (nSPS) is 21.9. The maximum atomic E-state index is 11.4. The number of nitrogens with zero attached hydrogens (tertiary/aromatic N) is 3. The Morgan fingerprint density at radius 3 is 2.59 bits per heavy atom. The van der Waals surface area contributed by atoms with Crippen LogP contribution in [-0.2, 0) is 29.3 Å². The first kappa shape index (κ1) is 26.2. The fourth-order valence-corrected chi connectivity index (χ4v) is 5.52. The van der Waals surface area contributed by atoms with Crippen molar-refractivity contribution in [2.24, 2.45) is 0 Å². The molecule has 2 unspecified atom stereocenters. The van der Waals surface area contributed by atoms with Gasteiger partial charge in [0.15, 0.2) is 0 Å². The zero-order valence-electron chi connectivity index (χ0n) is 16.2. The van der Waals surface area contributed by atoms with E-state index in [0.29, 0.717) is 24.6 Å². The molecule has 12 nitrogen and oxygen atoms in total. The number of hydrogen-bond acceptors (Lipinski definition) is 10. The average Bonchev–Trinajstić information content (AvgIpc) is 2.89. The van der Waals surface area contributed by atoms with Crippen molar-refractivity contribution in [2.45, 2.75) is 45.0 Å². The minimum atomic E-state index is -5.10. The zero-order valence-corrected chi connectivity index (χ0v) is 18.8. The Kier molecular flexibility index (Phi) is 10.4. The number of anilines is 1. The molecule has 0 saturated carbocycles. The number of aldehydes is 1. The number of carbonyl (C=O) groups excluding carboxylic acids is 1. The van der Waals surface area contributed by atoms with Gasteiger partial charge in [-0.3, -0.25) is 9.42 Å². The van der Waals surface area contributed by atoms with E-state index in [4.69, 9.17) is 20.3 Å². The Hall–Kier alpha value is -0.880. The maximum absolute atomic E-state index is 11.4. The first-order valence-electron chi connectivity index (χ1n) is 8.46. The number of aryl methyl sites for hydroxylation is 1. The van der Waals surface area contributed by atoms with Crippen LogP contribution < -0.4 is 5.73 Å². The van der Waals surface area contributed by atoms with Crippen LogP contribution in [0.5, 0.6) is 0 Å². The van der Waals surface area contributed by atoms with E-state index in [1.54, 1.807) is 24.9 Å². The molecule has 29 heavy (non-hydrogen) atoms. The van der Waals surface area contributed by atoms with Gasteiger partial charge in [0.05, 0.1) is 6.61 Å². The van der Waals surface area contributed by atoms with E-state index in [9.17, 15) is 14.0 Å². The predicted molar refractivity (Wildman–Crippen MR) is 108 cm³/mol. The van der Waals surface area contributed by atoms with Gasteiger partial charge in [0, 0.05) is 35.5 Å². The number of phosphoric ester groups is 1. The predicted octanol–water partition coefficient (Wildman–Crippen LogP) is 1.45. The monoisotopic (exact) mass is 472 g/mol. The minimum Gasteiger partial charge on any atom is -0.383 e. The molecular weight excluding hydrogens is 446 g/mol. The highest BCUT2D eigenvalue weighted by atomic mass is 32.2. The van der Waals surface area contributed by atoms with E-state index in [2.05, 4.69) is 23.7 Å². The lowest BCUT2D eigenvalue weighted by Crippen LogP contribution is -2.32. The van der Waals surface area contributed by atoms with E-state index in [1.807, 2.05) is 6.92 Å². The van der Waals surface area contributed by atoms with Crippen LogP contribution in [0.4, 0.5) is 5.82 Å². The molecule has 15 heteroatoms. The Morgan fingerprint density at radius 1 is 1.41 bits per heavy atom. The van der Waals surface area contributed by atoms with Gasteiger partial charge in [-0.2, -0.15) is 4.31 Å². The second kappa shape index (κ2) is 11.5. The van der Waals surface area contributed by atoms with Gasteiger partial charge in [-0.1, -0.05) is 0 Å². The fraction of sp³-hybridized carbons (Fsp3) is 0.643. The molecule has 2 rings (SSSR count). The summed E-state index contributed by atoms with van der Waals surface area (Å²) in [5, 5.41) is 0.109. The molecule has 0 radical (unpaired) electrons. The van der Waals surface area contributed by atoms with Crippen molar-refractivity contribution in [1.82, 2.24) is 14.9 Å². The van der Waals surface area contributed by atoms with Gasteiger partial charge in [0.2, 0.25) is 0 Å². The van der Waals surface area contributed by atoms with Gasteiger partial charge in [-0.05, 0) is 27.2 Å². The quantitative estimate of drug-likeness (QED) is 0.315. The highest BCUT2D eigenvalue weighted by Gasteiger charge is 2.35. The minimum absolute atomic E-state index is 0.109.